The molecule has 1 aromatic rings. The molecule has 6 heteroatoms. The molecular weight excluding hydrogens is 480 g/mol. The number of carbonyl (C=O) groups excluding carboxylic acids is 1. The highest BCUT2D eigenvalue weighted by Gasteiger charge is 2.67. The highest BCUT2D eigenvalue weighted by Crippen LogP contribution is 2.70. The van der Waals surface area contributed by atoms with Crippen molar-refractivity contribution in [2.75, 3.05) is 26.9 Å². The Hall–Kier alpha value is -1.99. The summed E-state index contributed by atoms with van der Waals surface area (Å²) < 4.78 is 23.7. The molecule has 1 aromatic carbocycles. The highest BCUT2D eigenvalue weighted by atomic mass is 16.7. The maximum atomic E-state index is 12.2. The van der Waals surface area contributed by atoms with Crippen LogP contribution in [0.15, 0.2) is 47.6 Å². The first-order valence-corrected chi connectivity index (χ1v) is 14.5. The van der Waals surface area contributed by atoms with Crippen LogP contribution in [0.4, 0.5) is 0 Å². The molecule has 5 fully saturated rings. The molecule has 6 unspecified atom stereocenters. The zero-order valence-corrected chi connectivity index (χ0v) is 22.7. The standard InChI is InChI=1S/C32H40O6/c1-20-11-15-38-32(20)14-10-25-23-8-12-30(34)19-31(36-16-17-37-31)13-9-26(30)27(23)24(18-29(25,32)2)21-4-6-22(7-5-21)28(33)35-3/h4-7,23-25,34H,1,8-19H2,2-3H3. The molecule has 38 heavy (non-hydrogen) atoms. The molecule has 0 aromatic heterocycles. The van der Waals surface area contributed by atoms with E-state index in [0.29, 0.717) is 37.0 Å². The minimum absolute atomic E-state index is 0.0238. The predicted octanol–water partition coefficient (Wildman–Crippen LogP) is 5.46. The molecule has 2 saturated heterocycles. The molecular formula is C32H40O6. The van der Waals surface area contributed by atoms with Crippen molar-refractivity contribution in [1.82, 2.24) is 0 Å². The molecule has 2 spiro atoms. The van der Waals surface area contributed by atoms with E-state index in [9.17, 15) is 9.90 Å². The summed E-state index contributed by atoms with van der Waals surface area (Å²) in [5, 5.41) is 12.2. The van der Waals surface area contributed by atoms with E-state index < -0.39 is 11.4 Å². The third-order valence-electron chi connectivity index (χ3n) is 11.4. The molecule has 0 radical (unpaired) electrons. The molecule has 204 valence electrons. The highest BCUT2D eigenvalue weighted by molar-refractivity contribution is 5.89. The Morgan fingerprint density at radius 2 is 1.79 bits per heavy atom. The summed E-state index contributed by atoms with van der Waals surface area (Å²) >= 11 is 0. The number of benzene rings is 1. The first kappa shape index (κ1) is 25.0. The number of aliphatic hydroxyl groups is 1. The average Bonchev–Trinajstić information content (AvgIpc) is 3.61. The number of fused-ring (bicyclic) bond motifs is 5. The fourth-order valence-electron chi connectivity index (χ4n) is 9.74. The summed E-state index contributed by atoms with van der Waals surface area (Å²) in [7, 11) is 1.42. The quantitative estimate of drug-likeness (QED) is 0.413. The van der Waals surface area contributed by atoms with E-state index in [1.807, 2.05) is 12.1 Å². The van der Waals surface area contributed by atoms with Crippen LogP contribution in [0.5, 0.6) is 0 Å². The van der Waals surface area contributed by atoms with Crippen LogP contribution in [-0.4, -0.2) is 55.0 Å². The van der Waals surface area contributed by atoms with E-state index in [4.69, 9.17) is 18.9 Å². The summed E-state index contributed by atoms with van der Waals surface area (Å²) in [5.74, 6) is 0.106. The van der Waals surface area contributed by atoms with Crippen molar-refractivity contribution in [3.8, 4) is 0 Å². The van der Waals surface area contributed by atoms with Crippen LogP contribution in [0.2, 0.25) is 0 Å². The number of carbonyl (C=O) groups is 1. The Kier molecular flexibility index (Phi) is 5.60. The van der Waals surface area contributed by atoms with Gasteiger partial charge in [-0.2, -0.15) is 0 Å². The number of rotatable bonds is 2. The molecule has 6 nitrogen and oxygen atoms in total. The predicted molar refractivity (Wildman–Crippen MR) is 142 cm³/mol. The number of esters is 1. The van der Waals surface area contributed by atoms with Crippen molar-refractivity contribution < 1.29 is 28.8 Å². The smallest absolute Gasteiger partial charge is 0.337 e. The van der Waals surface area contributed by atoms with Gasteiger partial charge in [0.25, 0.3) is 0 Å². The Bertz CT molecular complexity index is 1190. The fourth-order valence-corrected chi connectivity index (χ4v) is 9.74. The summed E-state index contributed by atoms with van der Waals surface area (Å²) in [6, 6.07) is 7.96. The van der Waals surface area contributed by atoms with Crippen molar-refractivity contribution >= 4 is 5.97 Å². The number of methoxy groups -OCH3 is 1. The fraction of sp³-hybridized carbons (Fsp3) is 0.656. The van der Waals surface area contributed by atoms with Crippen LogP contribution in [0.1, 0.15) is 86.6 Å². The molecule has 1 N–H and O–H groups in total. The van der Waals surface area contributed by atoms with Crippen LogP contribution in [0.25, 0.3) is 0 Å². The number of hydrogen-bond acceptors (Lipinski definition) is 6. The van der Waals surface area contributed by atoms with Crippen LogP contribution in [0.3, 0.4) is 0 Å². The van der Waals surface area contributed by atoms with E-state index in [-0.39, 0.29) is 22.9 Å². The molecule has 0 amide bonds. The molecule has 3 saturated carbocycles. The van der Waals surface area contributed by atoms with Crippen LogP contribution in [0, 0.1) is 17.3 Å². The third kappa shape index (κ3) is 3.30. The van der Waals surface area contributed by atoms with Crippen molar-refractivity contribution in [1.29, 1.82) is 0 Å². The normalized spacial score (nSPS) is 41.3. The zero-order valence-electron chi connectivity index (χ0n) is 22.7. The SMILES string of the molecule is C=C1CCOC12CCC1C3CCC4(O)CC5(CCC4=C3C(c3ccc(C(=O)OC)cc3)CC12C)OCCO5. The second kappa shape index (κ2) is 8.50. The average molecular weight is 521 g/mol. The molecule has 4 aliphatic carbocycles. The van der Waals surface area contributed by atoms with Crippen molar-refractivity contribution in [3.05, 3.63) is 58.7 Å². The molecule has 6 atom stereocenters. The Morgan fingerprint density at radius 3 is 2.47 bits per heavy atom. The van der Waals surface area contributed by atoms with Crippen LogP contribution < -0.4 is 0 Å². The summed E-state index contributed by atoms with van der Waals surface area (Å²) in [6.45, 7) is 8.95. The number of allylic oxidation sites excluding steroid dienone is 1. The lowest BCUT2D eigenvalue weighted by Crippen LogP contribution is -2.55. The maximum Gasteiger partial charge on any atom is 0.337 e. The first-order valence-electron chi connectivity index (χ1n) is 14.5. The summed E-state index contributed by atoms with van der Waals surface area (Å²) in [4.78, 5) is 12.2. The lowest BCUT2D eigenvalue weighted by molar-refractivity contribution is -0.208. The van der Waals surface area contributed by atoms with Gasteiger partial charge in [-0.1, -0.05) is 31.2 Å². The lowest BCUT2D eigenvalue weighted by Gasteiger charge is -2.58. The van der Waals surface area contributed by atoms with Gasteiger partial charge in [-0.25, -0.2) is 4.79 Å². The van der Waals surface area contributed by atoms with E-state index >= 15 is 0 Å². The van der Waals surface area contributed by atoms with Gasteiger partial charge in [0, 0.05) is 24.2 Å². The molecule has 2 heterocycles. The van der Waals surface area contributed by atoms with Gasteiger partial charge in [0.1, 0.15) is 0 Å². The number of ether oxygens (including phenoxy) is 4. The third-order valence-corrected chi connectivity index (χ3v) is 11.4. The van der Waals surface area contributed by atoms with Crippen LogP contribution >= 0.6 is 0 Å². The molecule has 7 rings (SSSR count). The molecule has 6 aliphatic rings. The van der Waals surface area contributed by atoms with Gasteiger partial charge in [0.05, 0.1) is 43.7 Å². The van der Waals surface area contributed by atoms with E-state index in [2.05, 4.69) is 25.6 Å². The van der Waals surface area contributed by atoms with Crippen molar-refractivity contribution in [2.24, 2.45) is 17.3 Å². The van der Waals surface area contributed by atoms with Gasteiger partial charge in [-0.05, 0) is 85.6 Å². The Labute approximate surface area is 225 Å². The van der Waals surface area contributed by atoms with Gasteiger partial charge in [0.15, 0.2) is 5.79 Å². The minimum atomic E-state index is -0.893. The van der Waals surface area contributed by atoms with Gasteiger partial charge >= 0.3 is 5.97 Å². The van der Waals surface area contributed by atoms with Crippen molar-refractivity contribution in [2.45, 2.75) is 87.6 Å². The lowest BCUT2D eigenvalue weighted by atomic mass is 9.49. The van der Waals surface area contributed by atoms with Gasteiger partial charge in [0.2, 0.25) is 0 Å². The Balaban J connectivity index is 1.35. The number of hydrogen-bond donors (Lipinski definition) is 1. The van der Waals surface area contributed by atoms with Crippen LogP contribution in [-0.2, 0) is 18.9 Å². The van der Waals surface area contributed by atoms with E-state index in [0.717, 1.165) is 58.0 Å². The molecule has 0 bridgehead atoms. The van der Waals surface area contributed by atoms with Gasteiger partial charge < -0.3 is 24.1 Å². The van der Waals surface area contributed by atoms with E-state index in [1.54, 1.807) is 0 Å². The first-order chi connectivity index (χ1) is 18.2. The van der Waals surface area contributed by atoms with Gasteiger partial charge in [-0.3, -0.25) is 0 Å². The van der Waals surface area contributed by atoms with E-state index in [1.165, 1.54) is 29.4 Å². The second-order valence-corrected chi connectivity index (χ2v) is 12.9. The van der Waals surface area contributed by atoms with Crippen molar-refractivity contribution in [3.63, 3.8) is 0 Å². The topological polar surface area (TPSA) is 74.2 Å². The Morgan fingerprint density at radius 1 is 1.03 bits per heavy atom. The van der Waals surface area contributed by atoms with Gasteiger partial charge in [-0.15, -0.1) is 0 Å². The maximum absolute atomic E-state index is 12.2. The summed E-state index contributed by atoms with van der Waals surface area (Å²) in [6.07, 6.45) is 7.90. The molecule has 2 aliphatic heterocycles. The largest absolute Gasteiger partial charge is 0.465 e. The summed E-state index contributed by atoms with van der Waals surface area (Å²) in [5.41, 5.74) is 4.53. The monoisotopic (exact) mass is 520 g/mol. The second-order valence-electron chi connectivity index (χ2n) is 12.9. The minimum Gasteiger partial charge on any atom is -0.465 e. The zero-order chi connectivity index (χ0) is 26.3.